The number of hydrogen-bond donors (Lipinski definition) is 2. The topological polar surface area (TPSA) is 108 Å². The van der Waals surface area contributed by atoms with Crippen LogP contribution in [0.25, 0.3) is 0 Å². The van der Waals surface area contributed by atoms with E-state index < -0.39 is 17.3 Å². The number of para-hydroxylation sites is 1. The molecule has 2 aliphatic heterocycles. The summed E-state index contributed by atoms with van der Waals surface area (Å²) in [6, 6.07) is 16.7. The van der Waals surface area contributed by atoms with Gasteiger partial charge in [-0.25, -0.2) is 4.79 Å². The van der Waals surface area contributed by atoms with Crippen LogP contribution < -0.4 is 11.1 Å². The number of ether oxygens (including phenoxy) is 2. The SMILES string of the molecule is CCOC(=O)C1=C(N)OC2=C(C(=O)C[C@@H](c3ccccc3)C2)[C@@]12C(=O)Nc1ccccc12. The molecule has 3 N–H and O–H groups in total. The van der Waals surface area contributed by atoms with Crippen LogP contribution >= 0.6 is 0 Å². The van der Waals surface area contributed by atoms with Gasteiger partial charge in [0.05, 0.1) is 12.2 Å². The molecule has 1 spiro atoms. The van der Waals surface area contributed by atoms with Gasteiger partial charge in [0, 0.05) is 24.1 Å². The summed E-state index contributed by atoms with van der Waals surface area (Å²) >= 11 is 0. The molecule has 7 heteroatoms. The minimum atomic E-state index is -1.70. The summed E-state index contributed by atoms with van der Waals surface area (Å²) in [7, 11) is 0. The number of ketones is 1. The van der Waals surface area contributed by atoms with Crippen molar-refractivity contribution in [2.24, 2.45) is 5.73 Å². The summed E-state index contributed by atoms with van der Waals surface area (Å²) in [6.07, 6.45) is 0.582. The van der Waals surface area contributed by atoms with Crippen molar-refractivity contribution in [1.29, 1.82) is 0 Å². The van der Waals surface area contributed by atoms with Gasteiger partial charge in [-0.1, -0.05) is 48.5 Å². The van der Waals surface area contributed by atoms with E-state index in [0.29, 0.717) is 23.4 Å². The van der Waals surface area contributed by atoms with Gasteiger partial charge in [-0.15, -0.1) is 0 Å². The lowest BCUT2D eigenvalue weighted by Crippen LogP contribution is -2.49. The fourth-order valence-corrected chi connectivity index (χ4v) is 5.06. The van der Waals surface area contributed by atoms with E-state index in [9.17, 15) is 14.4 Å². The number of fused-ring (bicyclic) bond motifs is 3. The van der Waals surface area contributed by atoms with Crippen molar-refractivity contribution in [3.8, 4) is 0 Å². The highest BCUT2D eigenvalue weighted by molar-refractivity contribution is 6.22. The van der Waals surface area contributed by atoms with E-state index in [4.69, 9.17) is 15.2 Å². The fraction of sp³-hybridized carbons (Fsp3) is 0.240. The predicted octanol–water partition coefficient (Wildman–Crippen LogP) is 3.04. The van der Waals surface area contributed by atoms with Crippen molar-refractivity contribution in [3.63, 3.8) is 0 Å². The Kier molecular flexibility index (Phi) is 4.62. The molecule has 0 saturated carbocycles. The number of anilines is 1. The minimum absolute atomic E-state index is 0.0882. The number of carbonyl (C=O) groups excluding carboxylic acids is 3. The Balaban J connectivity index is 1.73. The Morgan fingerprint density at radius 2 is 1.84 bits per heavy atom. The molecule has 2 atom stereocenters. The molecule has 2 heterocycles. The Bertz CT molecular complexity index is 1210. The van der Waals surface area contributed by atoms with Crippen LogP contribution in [-0.2, 0) is 29.3 Å². The number of allylic oxidation sites excluding steroid dienone is 1. The van der Waals surface area contributed by atoms with Crippen LogP contribution in [0.1, 0.15) is 36.8 Å². The molecule has 0 unspecified atom stereocenters. The Morgan fingerprint density at radius 1 is 1.12 bits per heavy atom. The molecule has 1 amide bonds. The summed E-state index contributed by atoms with van der Waals surface area (Å²) in [5.74, 6) is -1.53. The van der Waals surface area contributed by atoms with E-state index in [-0.39, 0.29) is 41.8 Å². The van der Waals surface area contributed by atoms with E-state index in [1.807, 2.05) is 30.3 Å². The molecule has 5 rings (SSSR count). The Labute approximate surface area is 184 Å². The third-order valence-corrected chi connectivity index (χ3v) is 6.32. The van der Waals surface area contributed by atoms with E-state index >= 15 is 0 Å². The van der Waals surface area contributed by atoms with E-state index in [1.165, 1.54) is 0 Å². The summed E-state index contributed by atoms with van der Waals surface area (Å²) in [4.78, 5) is 40.2. The van der Waals surface area contributed by atoms with Crippen LogP contribution in [-0.4, -0.2) is 24.3 Å². The van der Waals surface area contributed by atoms with Gasteiger partial charge < -0.3 is 20.5 Å². The Hall–Kier alpha value is -3.87. The molecule has 2 aromatic rings. The molecular formula is C25H22N2O5. The lowest BCUT2D eigenvalue weighted by Gasteiger charge is -2.40. The number of nitrogens with one attached hydrogen (secondary N) is 1. The quantitative estimate of drug-likeness (QED) is 0.725. The molecule has 0 saturated heterocycles. The average Bonchev–Trinajstić information content (AvgIpc) is 3.06. The van der Waals surface area contributed by atoms with Crippen LogP contribution in [0, 0.1) is 0 Å². The van der Waals surface area contributed by atoms with Crippen molar-refractivity contribution >= 4 is 23.3 Å². The maximum atomic E-state index is 13.6. The first-order valence-electron chi connectivity index (χ1n) is 10.6. The first-order valence-corrected chi connectivity index (χ1v) is 10.6. The summed E-state index contributed by atoms with van der Waals surface area (Å²) < 4.78 is 11.1. The number of nitrogens with two attached hydrogens (primary N) is 1. The molecule has 2 aromatic carbocycles. The molecule has 0 bridgehead atoms. The molecule has 162 valence electrons. The molecule has 0 radical (unpaired) electrons. The molecule has 1 aliphatic carbocycles. The zero-order valence-electron chi connectivity index (χ0n) is 17.5. The normalized spacial score (nSPS) is 24.1. The Morgan fingerprint density at radius 3 is 2.59 bits per heavy atom. The van der Waals surface area contributed by atoms with Crippen LogP contribution in [0.5, 0.6) is 0 Å². The van der Waals surface area contributed by atoms with Crippen molar-refractivity contribution in [3.05, 3.63) is 88.5 Å². The number of esters is 1. The van der Waals surface area contributed by atoms with E-state index in [1.54, 1.807) is 31.2 Å². The molecule has 7 nitrogen and oxygen atoms in total. The second-order valence-electron chi connectivity index (χ2n) is 8.05. The van der Waals surface area contributed by atoms with Crippen molar-refractivity contribution < 1.29 is 23.9 Å². The highest BCUT2D eigenvalue weighted by Gasteiger charge is 2.62. The third-order valence-electron chi connectivity index (χ3n) is 6.32. The van der Waals surface area contributed by atoms with Gasteiger partial charge in [0.2, 0.25) is 11.8 Å². The predicted molar refractivity (Wildman–Crippen MR) is 116 cm³/mol. The first kappa shape index (κ1) is 20.1. The standard InChI is InChI=1S/C25H22N2O5/c1-2-31-23(29)21-22(26)32-19-13-15(14-8-4-3-5-9-14)12-18(28)20(19)25(21)16-10-6-7-11-17(16)27-24(25)30/h3-11,15H,2,12-13,26H2,1H3,(H,27,30)/t15-,25-/m1/s1. The smallest absolute Gasteiger partial charge is 0.341 e. The summed E-state index contributed by atoms with van der Waals surface area (Å²) in [5.41, 5.74) is 6.61. The number of carbonyl (C=O) groups is 3. The number of benzene rings is 2. The highest BCUT2D eigenvalue weighted by Crippen LogP contribution is 2.55. The van der Waals surface area contributed by atoms with Crippen molar-refractivity contribution in [2.75, 3.05) is 11.9 Å². The number of hydrogen-bond acceptors (Lipinski definition) is 6. The lowest BCUT2D eigenvalue weighted by atomic mass is 9.63. The molecule has 3 aliphatic rings. The number of amides is 1. The lowest BCUT2D eigenvalue weighted by molar-refractivity contribution is -0.141. The zero-order chi connectivity index (χ0) is 22.5. The maximum Gasteiger partial charge on any atom is 0.341 e. The van der Waals surface area contributed by atoms with Crippen LogP contribution in [0.4, 0.5) is 5.69 Å². The molecule has 32 heavy (non-hydrogen) atoms. The minimum Gasteiger partial charge on any atom is -0.462 e. The van der Waals surface area contributed by atoms with Crippen molar-refractivity contribution in [2.45, 2.75) is 31.1 Å². The molecule has 0 aromatic heterocycles. The average molecular weight is 430 g/mol. The van der Waals surface area contributed by atoms with Gasteiger partial charge in [-0.2, -0.15) is 0 Å². The van der Waals surface area contributed by atoms with E-state index in [2.05, 4.69) is 5.32 Å². The van der Waals surface area contributed by atoms with Gasteiger partial charge in [0.25, 0.3) is 0 Å². The third kappa shape index (κ3) is 2.70. The maximum absolute atomic E-state index is 13.6. The monoisotopic (exact) mass is 430 g/mol. The molecular weight excluding hydrogens is 408 g/mol. The van der Waals surface area contributed by atoms with Crippen LogP contribution in [0.2, 0.25) is 0 Å². The summed E-state index contributed by atoms with van der Waals surface area (Å²) in [6.45, 7) is 1.75. The van der Waals surface area contributed by atoms with Gasteiger partial charge in [-0.05, 0) is 24.5 Å². The highest BCUT2D eigenvalue weighted by atomic mass is 16.5. The van der Waals surface area contributed by atoms with Crippen molar-refractivity contribution in [1.82, 2.24) is 0 Å². The summed E-state index contributed by atoms with van der Waals surface area (Å²) in [5, 5.41) is 2.82. The fourth-order valence-electron chi connectivity index (χ4n) is 5.06. The van der Waals surface area contributed by atoms with Gasteiger partial charge >= 0.3 is 5.97 Å². The number of Topliss-reactive ketones (excluding diaryl/α,β-unsaturated/α-hetero) is 1. The van der Waals surface area contributed by atoms with Crippen LogP contribution in [0.3, 0.4) is 0 Å². The van der Waals surface area contributed by atoms with Gasteiger partial charge in [0.1, 0.15) is 16.7 Å². The van der Waals surface area contributed by atoms with Gasteiger partial charge in [-0.3, -0.25) is 9.59 Å². The van der Waals surface area contributed by atoms with Crippen LogP contribution in [0.15, 0.2) is 77.4 Å². The first-order chi connectivity index (χ1) is 15.5. The number of rotatable bonds is 3. The zero-order valence-corrected chi connectivity index (χ0v) is 17.5. The largest absolute Gasteiger partial charge is 0.462 e. The second-order valence-corrected chi connectivity index (χ2v) is 8.05. The second kappa shape index (κ2) is 7.37. The molecule has 0 fully saturated rings. The van der Waals surface area contributed by atoms with E-state index in [0.717, 1.165) is 5.56 Å². The van der Waals surface area contributed by atoms with Gasteiger partial charge in [0.15, 0.2) is 5.78 Å².